The summed E-state index contributed by atoms with van der Waals surface area (Å²) in [6.07, 6.45) is 8.40. The minimum atomic E-state index is -0.374. The number of aryl methyl sites for hydroxylation is 1. The number of hydrogen-bond acceptors (Lipinski definition) is 5. The second-order valence-corrected chi connectivity index (χ2v) is 7.51. The summed E-state index contributed by atoms with van der Waals surface area (Å²) in [4.78, 5) is 24.3. The first-order valence-corrected chi connectivity index (χ1v) is 11.0. The normalized spacial score (nSPS) is 10.8. The summed E-state index contributed by atoms with van der Waals surface area (Å²) in [5, 5.41) is 4.43. The number of hydrogen-bond donors (Lipinski definition) is 0. The Hall–Kier alpha value is -2.63. The van der Waals surface area contributed by atoms with Gasteiger partial charge >= 0.3 is 5.97 Å². The number of benzene rings is 1. The molecule has 0 aliphatic rings. The average Bonchev–Trinajstić information content (AvgIpc) is 3.03. The fraction of sp³-hybridized carbons (Fsp3) is 0.542. The highest BCUT2D eigenvalue weighted by atomic mass is 16.5. The number of esters is 1. The van der Waals surface area contributed by atoms with E-state index in [9.17, 15) is 9.59 Å². The van der Waals surface area contributed by atoms with Crippen molar-refractivity contribution in [1.29, 1.82) is 0 Å². The van der Waals surface area contributed by atoms with Gasteiger partial charge in [0.05, 0.1) is 17.9 Å². The van der Waals surface area contributed by atoms with Gasteiger partial charge < -0.3 is 9.47 Å². The smallest absolute Gasteiger partial charge is 0.338 e. The van der Waals surface area contributed by atoms with Gasteiger partial charge in [-0.15, -0.1) is 0 Å². The molecule has 0 aliphatic carbocycles. The number of ether oxygens (including phenoxy) is 2. The fourth-order valence-electron chi connectivity index (χ4n) is 3.47. The largest absolute Gasteiger partial charge is 0.484 e. The minimum Gasteiger partial charge on any atom is -0.484 e. The molecule has 6 nitrogen and oxygen atoms in total. The summed E-state index contributed by atoms with van der Waals surface area (Å²) in [5.41, 5.74) is 3.42. The van der Waals surface area contributed by atoms with E-state index < -0.39 is 0 Å². The third kappa shape index (κ3) is 6.71. The number of carbonyl (C=O) groups is 2. The lowest BCUT2D eigenvalue weighted by molar-refractivity contribution is 0.0526. The molecule has 0 bridgehead atoms. The molecule has 0 unspecified atom stereocenters. The molecule has 0 amide bonds. The van der Waals surface area contributed by atoms with Crippen LogP contribution in [0.15, 0.2) is 24.3 Å². The van der Waals surface area contributed by atoms with Crippen LogP contribution < -0.4 is 4.74 Å². The van der Waals surface area contributed by atoms with Crippen LogP contribution in [0.4, 0.5) is 0 Å². The second-order valence-electron chi connectivity index (χ2n) is 7.51. The summed E-state index contributed by atoms with van der Waals surface area (Å²) in [6, 6.07) is 6.56. The van der Waals surface area contributed by atoms with Gasteiger partial charge in [0.25, 0.3) is 5.91 Å². The average molecular weight is 415 g/mol. The van der Waals surface area contributed by atoms with Crippen LogP contribution >= 0.6 is 0 Å². The van der Waals surface area contributed by atoms with E-state index in [1.165, 1.54) is 36.8 Å². The van der Waals surface area contributed by atoms with Crippen LogP contribution in [0, 0.1) is 13.8 Å². The van der Waals surface area contributed by atoms with Crippen molar-refractivity contribution in [3.63, 3.8) is 0 Å². The SMILES string of the molecule is CCCCCCCCc1c(C)nn(C(=O)COc2ccc(C(=O)OCC)cc2)c1C. The lowest BCUT2D eigenvalue weighted by atomic mass is 10.0. The predicted molar refractivity (Wildman–Crippen MR) is 117 cm³/mol. The van der Waals surface area contributed by atoms with E-state index >= 15 is 0 Å². The van der Waals surface area contributed by atoms with Crippen molar-refractivity contribution in [1.82, 2.24) is 9.78 Å². The van der Waals surface area contributed by atoms with E-state index in [4.69, 9.17) is 9.47 Å². The zero-order valence-corrected chi connectivity index (χ0v) is 18.7. The van der Waals surface area contributed by atoms with Crippen molar-refractivity contribution < 1.29 is 19.1 Å². The fourth-order valence-corrected chi connectivity index (χ4v) is 3.47. The first-order valence-electron chi connectivity index (χ1n) is 11.0. The van der Waals surface area contributed by atoms with Crippen molar-refractivity contribution in [2.75, 3.05) is 13.2 Å². The Balaban J connectivity index is 1.88. The van der Waals surface area contributed by atoms with Crippen LogP contribution in [0.2, 0.25) is 0 Å². The quantitative estimate of drug-likeness (QED) is 0.348. The Labute approximate surface area is 179 Å². The summed E-state index contributed by atoms with van der Waals surface area (Å²) in [5.74, 6) is -0.0647. The molecule has 0 spiro atoms. The molecule has 0 atom stereocenters. The van der Waals surface area contributed by atoms with Gasteiger partial charge in [0.2, 0.25) is 0 Å². The molecular weight excluding hydrogens is 380 g/mol. The van der Waals surface area contributed by atoms with Crippen LogP contribution in [0.5, 0.6) is 5.75 Å². The first kappa shape index (κ1) is 23.6. The maximum atomic E-state index is 12.6. The van der Waals surface area contributed by atoms with Gasteiger partial charge in [0.15, 0.2) is 6.61 Å². The van der Waals surface area contributed by atoms with Gasteiger partial charge in [-0.1, -0.05) is 39.0 Å². The topological polar surface area (TPSA) is 70.4 Å². The molecule has 6 heteroatoms. The van der Waals surface area contributed by atoms with Crippen molar-refractivity contribution in [2.24, 2.45) is 0 Å². The molecule has 0 fully saturated rings. The molecule has 1 aromatic heterocycles. The summed E-state index contributed by atoms with van der Waals surface area (Å²) in [7, 11) is 0. The predicted octanol–water partition coefficient (Wildman–Crippen LogP) is 5.30. The molecule has 2 rings (SSSR count). The van der Waals surface area contributed by atoms with E-state index in [1.807, 2.05) is 13.8 Å². The maximum absolute atomic E-state index is 12.6. The molecule has 0 saturated carbocycles. The van der Waals surface area contributed by atoms with Crippen LogP contribution in [0.1, 0.15) is 84.5 Å². The number of carbonyl (C=O) groups excluding carboxylic acids is 2. The molecule has 0 radical (unpaired) electrons. The Bertz CT molecular complexity index is 824. The van der Waals surface area contributed by atoms with Gasteiger partial charge in [-0.3, -0.25) is 4.79 Å². The lowest BCUT2D eigenvalue weighted by Crippen LogP contribution is -2.21. The number of nitrogens with zero attached hydrogens (tertiary/aromatic N) is 2. The highest BCUT2D eigenvalue weighted by Crippen LogP contribution is 2.18. The number of rotatable bonds is 12. The van der Waals surface area contributed by atoms with Crippen LogP contribution in [0.3, 0.4) is 0 Å². The molecular formula is C24H34N2O4. The van der Waals surface area contributed by atoms with E-state index in [-0.39, 0.29) is 18.5 Å². The van der Waals surface area contributed by atoms with Crippen molar-refractivity contribution >= 4 is 11.9 Å². The molecule has 0 N–H and O–H groups in total. The minimum absolute atomic E-state index is 0.114. The van der Waals surface area contributed by atoms with Gasteiger partial charge in [-0.25, -0.2) is 9.48 Å². The number of unbranched alkanes of at least 4 members (excludes halogenated alkanes) is 5. The summed E-state index contributed by atoms with van der Waals surface area (Å²) >= 11 is 0. The first-order chi connectivity index (χ1) is 14.5. The molecule has 2 aromatic rings. The van der Waals surface area contributed by atoms with Crippen LogP contribution in [-0.2, 0) is 11.2 Å². The van der Waals surface area contributed by atoms with Crippen molar-refractivity contribution in [3.8, 4) is 5.75 Å². The summed E-state index contributed by atoms with van der Waals surface area (Å²) < 4.78 is 12.0. The Kier molecular flexibility index (Phi) is 9.58. The molecule has 30 heavy (non-hydrogen) atoms. The van der Waals surface area contributed by atoms with Gasteiger partial charge in [-0.2, -0.15) is 5.10 Å². The van der Waals surface area contributed by atoms with Gasteiger partial charge in [0, 0.05) is 5.69 Å². The number of aromatic nitrogens is 2. The van der Waals surface area contributed by atoms with Crippen molar-refractivity contribution in [3.05, 3.63) is 46.8 Å². The van der Waals surface area contributed by atoms with E-state index in [0.29, 0.717) is 17.9 Å². The van der Waals surface area contributed by atoms with Gasteiger partial charge in [0.1, 0.15) is 5.75 Å². The standard InChI is InChI=1S/C24H34N2O4/c1-5-7-8-9-10-11-12-22-18(3)25-26(19(22)4)23(27)17-30-21-15-13-20(14-16-21)24(28)29-6-2/h13-16H,5-12,17H2,1-4H3. The molecule has 0 saturated heterocycles. The molecule has 164 valence electrons. The van der Waals surface area contributed by atoms with E-state index in [0.717, 1.165) is 29.8 Å². The highest BCUT2D eigenvalue weighted by molar-refractivity contribution is 5.89. The lowest BCUT2D eigenvalue weighted by Gasteiger charge is -2.08. The Morgan fingerprint density at radius 1 is 0.967 bits per heavy atom. The summed E-state index contributed by atoms with van der Waals surface area (Å²) in [6.45, 7) is 8.10. The molecule has 0 aliphatic heterocycles. The monoisotopic (exact) mass is 414 g/mol. The zero-order chi connectivity index (χ0) is 21.9. The van der Waals surface area contributed by atoms with Crippen LogP contribution in [0.25, 0.3) is 0 Å². The maximum Gasteiger partial charge on any atom is 0.338 e. The molecule has 1 heterocycles. The Morgan fingerprint density at radius 2 is 1.63 bits per heavy atom. The molecule has 1 aromatic carbocycles. The van der Waals surface area contributed by atoms with Gasteiger partial charge in [-0.05, 0) is 63.4 Å². The van der Waals surface area contributed by atoms with E-state index in [2.05, 4.69) is 12.0 Å². The Morgan fingerprint density at radius 3 is 2.30 bits per heavy atom. The third-order valence-electron chi connectivity index (χ3n) is 5.19. The second kappa shape index (κ2) is 12.2. The third-order valence-corrected chi connectivity index (χ3v) is 5.19. The van der Waals surface area contributed by atoms with E-state index in [1.54, 1.807) is 31.2 Å². The van der Waals surface area contributed by atoms with Crippen molar-refractivity contribution in [2.45, 2.75) is 72.6 Å². The van der Waals surface area contributed by atoms with Crippen LogP contribution in [-0.4, -0.2) is 34.9 Å². The zero-order valence-electron chi connectivity index (χ0n) is 18.7. The highest BCUT2D eigenvalue weighted by Gasteiger charge is 2.17.